The lowest BCUT2D eigenvalue weighted by Gasteiger charge is -2.12. The molecule has 0 radical (unpaired) electrons. The summed E-state index contributed by atoms with van der Waals surface area (Å²) in [6, 6.07) is 49.9. The van der Waals surface area contributed by atoms with Gasteiger partial charge in [0, 0.05) is 31.9 Å². The highest BCUT2D eigenvalue weighted by atomic mass is 32.1. The van der Waals surface area contributed by atoms with Crippen molar-refractivity contribution in [2.75, 3.05) is 0 Å². The summed E-state index contributed by atoms with van der Waals surface area (Å²) in [6.45, 7) is 0. The minimum absolute atomic E-state index is 0.920. The molecule has 0 saturated heterocycles. The van der Waals surface area contributed by atoms with Crippen molar-refractivity contribution in [1.29, 1.82) is 0 Å². The Kier molecular flexibility index (Phi) is 4.80. The fourth-order valence-electron chi connectivity index (χ4n) is 6.45. The highest BCUT2D eigenvalue weighted by molar-refractivity contribution is 7.26. The van der Waals surface area contributed by atoms with Crippen molar-refractivity contribution < 1.29 is 4.42 Å². The molecule has 9 aromatic rings. The SMILES string of the molecule is c1ccc(-n2c3ccccc3c3sc4cc(-c5ccccc5-c5cccc6oc7ccccc7c56)ccc4c32)cc1. The van der Waals surface area contributed by atoms with Crippen LogP contribution in [0.3, 0.4) is 0 Å². The van der Waals surface area contributed by atoms with Crippen molar-refractivity contribution in [1.82, 2.24) is 4.57 Å². The lowest BCUT2D eigenvalue weighted by Crippen LogP contribution is -1.92. The van der Waals surface area contributed by atoms with E-state index in [9.17, 15) is 0 Å². The molecule has 41 heavy (non-hydrogen) atoms. The first-order valence-electron chi connectivity index (χ1n) is 13.9. The van der Waals surface area contributed by atoms with Crippen LogP contribution in [0.2, 0.25) is 0 Å². The summed E-state index contributed by atoms with van der Waals surface area (Å²) in [4.78, 5) is 0. The van der Waals surface area contributed by atoms with Crippen LogP contribution in [-0.2, 0) is 0 Å². The Morgan fingerprint density at radius 1 is 0.512 bits per heavy atom. The molecule has 192 valence electrons. The molecule has 0 atom stereocenters. The first kappa shape index (κ1) is 22.7. The number of furan rings is 1. The molecular weight excluding hydrogens is 518 g/mol. The molecule has 0 amide bonds. The van der Waals surface area contributed by atoms with Crippen LogP contribution in [0, 0.1) is 0 Å². The molecule has 0 unspecified atom stereocenters. The van der Waals surface area contributed by atoms with E-state index in [0.717, 1.165) is 16.6 Å². The predicted octanol–water partition coefficient (Wildman–Crippen LogP) is 11.2. The Morgan fingerprint density at radius 3 is 2.12 bits per heavy atom. The van der Waals surface area contributed by atoms with E-state index < -0.39 is 0 Å². The van der Waals surface area contributed by atoms with E-state index in [4.69, 9.17) is 4.42 Å². The molecule has 3 aromatic heterocycles. The van der Waals surface area contributed by atoms with Gasteiger partial charge in [-0.1, -0.05) is 103 Å². The monoisotopic (exact) mass is 541 g/mol. The Hall–Kier alpha value is -5.12. The maximum Gasteiger partial charge on any atom is 0.136 e. The van der Waals surface area contributed by atoms with Gasteiger partial charge in [0.1, 0.15) is 11.2 Å². The third-order valence-electron chi connectivity index (χ3n) is 8.22. The van der Waals surface area contributed by atoms with Crippen LogP contribution in [0.25, 0.3) is 81.1 Å². The Morgan fingerprint density at radius 2 is 1.22 bits per heavy atom. The van der Waals surface area contributed by atoms with Crippen LogP contribution >= 0.6 is 11.3 Å². The molecule has 3 heteroatoms. The third kappa shape index (κ3) is 3.30. The molecule has 0 spiro atoms. The van der Waals surface area contributed by atoms with Crippen LogP contribution < -0.4 is 0 Å². The molecule has 2 nitrogen and oxygen atoms in total. The van der Waals surface area contributed by atoms with Crippen molar-refractivity contribution in [3.8, 4) is 27.9 Å². The summed E-state index contributed by atoms with van der Waals surface area (Å²) in [7, 11) is 0. The van der Waals surface area contributed by atoms with Gasteiger partial charge in [0.25, 0.3) is 0 Å². The number of hydrogen-bond donors (Lipinski definition) is 0. The topological polar surface area (TPSA) is 18.1 Å². The fourth-order valence-corrected chi connectivity index (χ4v) is 7.71. The summed E-state index contributed by atoms with van der Waals surface area (Å²) in [5, 5.41) is 4.90. The van der Waals surface area contributed by atoms with E-state index in [1.54, 1.807) is 0 Å². The average Bonchev–Trinajstić information content (AvgIpc) is 3.70. The van der Waals surface area contributed by atoms with E-state index in [-0.39, 0.29) is 0 Å². The smallest absolute Gasteiger partial charge is 0.136 e. The average molecular weight is 542 g/mol. The van der Waals surface area contributed by atoms with Gasteiger partial charge in [0.15, 0.2) is 0 Å². The van der Waals surface area contributed by atoms with Crippen molar-refractivity contribution >= 4 is 64.5 Å². The maximum atomic E-state index is 6.22. The van der Waals surface area contributed by atoms with Crippen LogP contribution in [0.5, 0.6) is 0 Å². The zero-order valence-electron chi connectivity index (χ0n) is 22.0. The second-order valence-corrected chi connectivity index (χ2v) is 11.6. The van der Waals surface area contributed by atoms with E-state index in [1.165, 1.54) is 64.5 Å². The van der Waals surface area contributed by atoms with Gasteiger partial charge in [0.2, 0.25) is 0 Å². The van der Waals surface area contributed by atoms with E-state index in [1.807, 2.05) is 23.5 Å². The summed E-state index contributed by atoms with van der Waals surface area (Å²) in [5.41, 5.74) is 10.4. The largest absolute Gasteiger partial charge is 0.456 e. The fraction of sp³-hybridized carbons (Fsp3) is 0. The molecule has 0 bridgehead atoms. The lowest BCUT2D eigenvalue weighted by molar-refractivity contribution is 0.669. The van der Waals surface area contributed by atoms with Crippen LogP contribution in [0.1, 0.15) is 0 Å². The van der Waals surface area contributed by atoms with Gasteiger partial charge in [-0.15, -0.1) is 11.3 Å². The maximum absolute atomic E-state index is 6.22. The van der Waals surface area contributed by atoms with Gasteiger partial charge in [-0.05, 0) is 58.7 Å². The van der Waals surface area contributed by atoms with Crippen LogP contribution in [0.4, 0.5) is 0 Å². The number of hydrogen-bond acceptors (Lipinski definition) is 2. The number of fused-ring (bicyclic) bond motifs is 8. The van der Waals surface area contributed by atoms with E-state index >= 15 is 0 Å². The van der Waals surface area contributed by atoms with Gasteiger partial charge in [-0.3, -0.25) is 0 Å². The van der Waals surface area contributed by atoms with Crippen molar-refractivity contribution in [2.45, 2.75) is 0 Å². The van der Waals surface area contributed by atoms with Gasteiger partial charge in [-0.25, -0.2) is 0 Å². The van der Waals surface area contributed by atoms with Gasteiger partial charge in [0.05, 0.1) is 15.7 Å². The number of aromatic nitrogens is 1. The van der Waals surface area contributed by atoms with Crippen LogP contribution in [0.15, 0.2) is 144 Å². The number of thiophene rings is 1. The zero-order valence-corrected chi connectivity index (χ0v) is 22.9. The Balaban J connectivity index is 1.29. The molecular formula is C38H23NOS. The molecule has 9 rings (SSSR count). The minimum Gasteiger partial charge on any atom is -0.456 e. The molecule has 6 aromatic carbocycles. The molecule has 0 N–H and O–H groups in total. The summed E-state index contributed by atoms with van der Waals surface area (Å²) in [5.74, 6) is 0. The highest BCUT2D eigenvalue weighted by Gasteiger charge is 2.19. The van der Waals surface area contributed by atoms with Gasteiger partial charge >= 0.3 is 0 Å². The van der Waals surface area contributed by atoms with Crippen molar-refractivity contribution in [3.63, 3.8) is 0 Å². The third-order valence-corrected chi connectivity index (χ3v) is 9.40. The molecule has 0 fully saturated rings. The standard InChI is InChI=1S/C38H23NOS/c1-2-11-25(12-3-1)39-32-18-8-6-15-29(32)38-37(39)31-22-21-24(23-35(31)41-38)26-13-4-5-14-27(26)28-17-10-20-34-36(28)30-16-7-9-19-33(30)40-34/h1-23H. The first-order chi connectivity index (χ1) is 20.3. The van der Waals surface area contributed by atoms with Crippen LogP contribution in [-0.4, -0.2) is 4.57 Å². The Bertz CT molecular complexity index is 2420. The van der Waals surface area contributed by atoms with E-state index in [2.05, 4.69) is 132 Å². The summed E-state index contributed by atoms with van der Waals surface area (Å²) in [6.07, 6.45) is 0. The second-order valence-electron chi connectivity index (χ2n) is 10.5. The minimum atomic E-state index is 0.920. The Labute approximate surface area is 240 Å². The normalized spacial score (nSPS) is 11.9. The van der Waals surface area contributed by atoms with E-state index in [0.29, 0.717) is 0 Å². The number of para-hydroxylation sites is 3. The summed E-state index contributed by atoms with van der Waals surface area (Å²) < 4.78 is 11.3. The number of rotatable bonds is 3. The number of nitrogens with zero attached hydrogens (tertiary/aromatic N) is 1. The highest BCUT2D eigenvalue weighted by Crippen LogP contribution is 2.45. The molecule has 0 saturated carbocycles. The van der Waals surface area contributed by atoms with Gasteiger partial charge in [-0.2, -0.15) is 0 Å². The molecule has 0 aliphatic carbocycles. The predicted molar refractivity (Wildman–Crippen MR) is 174 cm³/mol. The summed E-state index contributed by atoms with van der Waals surface area (Å²) >= 11 is 1.89. The number of benzene rings is 6. The van der Waals surface area contributed by atoms with Crippen molar-refractivity contribution in [3.05, 3.63) is 140 Å². The van der Waals surface area contributed by atoms with Gasteiger partial charge < -0.3 is 8.98 Å². The van der Waals surface area contributed by atoms with Crippen molar-refractivity contribution in [2.24, 2.45) is 0 Å². The molecule has 0 aliphatic heterocycles. The molecule has 0 aliphatic rings. The molecule has 3 heterocycles. The first-order valence-corrected chi connectivity index (χ1v) is 14.7. The lowest BCUT2D eigenvalue weighted by atomic mass is 9.92. The quantitative estimate of drug-likeness (QED) is 0.217. The zero-order chi connectivity index (χ0) is 26.9. The second kappa shape index (κ2) is 8.69.